The fraction of sp³-hybridized carbons (Fsp3) is 0.500. The van der Waals surface area contributed by atoms with E-state index in [1.165, 1.54) is 0 Å². The molecule has 0 saturated heterocycles. The summed E-state index contributed by atoms with van der Waals surface area (Å²) in [6, 6.07) is 5.56. The summed E-state index contributed by atoms with van der Waals surface area (Å²) in [7, 11) is 0. The Kier molecular flexibility index (Phi) is 6.15. The maximum atomic E-state index is 11.5. The summed E-state index contributed by atoms with van der Waals surface area (Å²) in [5.74, 6) is 1.01. The SMILES string of the molecule is CCOc1cc(CN)ccc1OCC(=O)NC(C)C. The molecule has 0 atom stereocenters. The first-order valence-corrected chi connectivity index (χ1v) is 6.44. The number of nitrogens with two attached hydrogens (primary N) is 1. The normalized spacial score (nSPS) is 10.4. The van der Waals surface area contributed by atoms with Gasteiger partial charge in [-0.2, -0.15) is 0 Å². The quantitative estimate of drug-likeness (QED) is 0.783. The summed E-state index contributed by atoms with van der Waals surface area (Å²) in [6.07, 6.45) is 0. The van der Waals surface area contributed by atoms with E-state index in [0.29, 0.717) is 24.7 Å². The van der Waals surface area contributed by atoms with Gasteiger partial charge in [-0.05, 0) is 38.5 Å². The van der Waals surface area contributed by atoms with Gasteiger partial charge >= 0.3 is 0 Å². The molecule has 1 aromatic rings. The standard InChI is InChI=1S/C14H22N2O3/c1-4-18-13-7-11(8-15)5-6-12(13)19-9-14(17)16-10(2)3/h5-7,10H,4,8-9,15H2,1-3H3,(H,16,17). The van der Waals surface area contributed by atoms with E-state index >= 15 is 0 Å². The van der Waals surface area contributed by atoms with Gasteiger partial charge in [0, 0.05) is 12.6 Å². The summed E-state index contributed by atoms with van der Waals surface area (Å²) in [5, 5.41) is 2.76. The Labute approximate surface area is 114 Å². The molecule has 0 aromatic heterocycles. The molecule has 0 bridgehead atoms. The zero-order valence-electron chi connectivity index (χ0n) is 11.7. The molecule has 0 aliphatic rings. The van der Waals surface area contributed by atoms with Crippen LogP contribution in [0.25, 0.3) is 0 Å². The molecular formula is C14H22N2O3. The van der Waals surface area contributed by atoms with Crippen LogP contribution in [0.3, 0.4) is 0 Å². The second-order valence-corrected chi connectivity index (χ2v) is 4.43. The molecule has 5 heteroatoms. The number of hydrogen-bond donors (Lipinski definition) is 2. The predicted molar refractivity (Wildman–Crippen MR) is 74.3 cm³/mol. The van der Waals surface area contributed by atoms with Crippen LogP contribution in [0.1, 0.15) is 26.3 Å². The largest absolute Gasteiger partial charge is 0.490 e. The van der Waals surface area contributed by atoms with Crippen molar-refractivity contribution in [3.8, 4) is 11.5 Å². The van der Waals surface area contributed by atoms with Crippen LogP contribution in [0.15, 0.2) is 18.2 Å². The van der Waals surface area contributed by atoms with Gasteiger partial charge in [0.2, 0.25) is 0 Å². The van der Waals surface area contributed by atoms with Gasteiger partial charge in [-0.15, -0.1) is 0 Å². The molecule has 1 rings (SSSR count). The molecule has 0 unspecified atom stereocenters. The van der Waals surface area contributed by atoms with Crippen molar-refractivity contribution in [1.82, 2.24) is 5.32 Å². The van der Waals surface area contributed by atoms with Crippen molar-refractivity contribution in [2.45, 2.75) is 33.4 Å². The lowest BCUT2D eigenvalue weighted by Crippen LogP contribution is -2.34. The molecule has 0 aliphatic carbocycles. The maximum absolute atomic E-state index is 11.5. The number of ether oxygens (including phenoxy) is 2. The topological polar surface area (TPSA) is 73.6 Å². The number of benzene rings is 1. The van der Waals surface area contributed by atoms with Crippen LogP contribution in [-0.2, 0) is 11.3 Å². The van der Waals surface area contributed by atoms with E-state index in [1.807, 2.05) is 32.9 Å². The lowest BCUT2D eigenvalue weighted by Gasteiger charge is -2.13. The molecule has 0 fully saturated rings. The second kappa shape index (κ2) is 7.63. The Morgan fingerprint density at radius 1 is 1.32 bits per heavy atom. The van der Waals surface area contributed by atoms with E-state index in [1.54, 1.807) is 6.07 Å². The van der Waals surface area contributed by atoms with Gasteiger partial charge in [0.05, 0.1) is 6.61 Å². The Morgan fingerprint density at radius 3 is 2.63 bits per heavy atom. The molecule has 0 heterocycles. The van der Waals surface area contributed by atoms with Gasteiger partial charge < -0.3 is 20.5 Å². The van der Waals surface area contributed by atoms with Gasteiger partial charge in [0.1, 0.15) is 0 Å². The van der Waals surface area contributed by atoms with Crippen molar-refractivity contribution in [3.05, 3.63) is 23.8 Å². The molecule has 0 saturated carbocycles. The average molecular weight is 266 g/mol. The van der Waals surface area contributed by atoms with E-state index in [4.69, 9.17) is 15.2 Å². The first-order chi connectivity index (χ1) is 9.06. The third-order valence-electron chi connectivity index (χ3n) is 2.35. The summed E-state index contributed by atoms with van der Waals surface area (Å²) >= 11 is 0. The van der Waals surface area contributed by atoms with Crippen molar-refractivity contribution >= 4 is 5.91 Å². The first-order valence-electron chi connectivity index (χ1n) is 6.44. The molecule has 1 aromatic carbocycles. The van der Waals surface area contributed by atoms with Crippen LogP contribution in [0.5, 0.6) is 11.5 Å². The monoisotopic (exact) mass is 266 g/mol. The highest BCUT2D eigenvalue weighted by molar-refractivity contribution is 5.77. The van der Waals surface area contributed by atoms with Gasteiger partial charge in [-0.1, -0.05) is 6.07 Å². The van der Waals surface area contributed by atoms with Crippen LogP contribution < -0.4 is 20.5 Å². The summed E-state index contributed by atoms with van der Waals surface area (Å²) in [4.78, 5) is 11.5. The van der Waals surface area contributed by atoms with E-state index < -0.39 is 0 Å². The van der Waals surface area contributed by atoms with Gasteiger partial charge in [-0.25, -0.2) is 0 Å². The summed E-state index contributed by atoms with van der Waals surface area (Å²) in [6.45, 7) is 6.64. The predicted octanol–water partition coefficient (Wildman–Crippen LogP) is 1.45. The third kappa shape index (κ3) is 5.18. The lowest BCUT2D eigenvalue weighted by molar-refractivity contribution is -0.123. The highest BCUT2D eigenvalue weighted by Gasteiger charge is 2.09. The minimum Gasteiger partial charge on any atom is -0.490 e. The van der Waals surface area contributed by atoms with Crippen LogP contribution in [0.4, 0.5) is 0 Å². The minimum absolute atomic E-state index is 0.0276. The lowest BCUT2D eigenvalue weighted by atomic mass is 10.2. The number of rotatable bonds is 7. The average Bonchev–Trinajstić information content (AvgIpc) is 2.36. The molecule has 0 spiro atoms. The molecule has 106 valence electrons. The van der Waals surface area contributed by atoms with Crippen molar-refractivity contribution in [3.63, 3.8) is 0 Å². The zero-order chi connectivity index (χ0) is 14.3. The fourth-order valence-electron chi connectivity index (χ4n) is 1.57. The van der Waals surface area contributed by atoms with Gasteiger partial charge in [0.25, 0.3) is 5.91 Å². The summed E-state index contributed by atoms with van der Waals surface area (Å²) in [5.41, 5.74) is 6.54. The smallest absolute Gasteiger partial charge is 0.258 e. The van der Waals surface area contributed by atoms with Gasteiger partial charge in [0.15, 0.2) is 18.1 Å². The number of nitrogens with one attached hydrogen (secondary N) is 1. The molecule has 3 N–H and O–H groups in total. The zero-order valence-corrected chi connectivity index (χ0v) is 11.7. The Balaban J connectivity index is 2.68. The molecule has 0 aliphatic heterocycles. The van der Waals surface area contributed by atoms with E-state index in [2.05, 4.69) is 5.32 Å². The number of carbonyl (C=O) groups excluding carboxylic acids is 1. The van der Waals surface area contributed by atoms with E-state index in [0.717, 1.165) is 5.56 Å². The van der Waals surface area contributed by atoms with Crippen molar-refractivity contribution in [2.75, 3.05) is 13.2 Å². The molecule has 5 nitrogen and oxygen atoms in total. The number of amides is 1. The van der Waals surface area contributed by atoms with Crippen LogP contribution in [0.2, 0.25) is 0 Å². The second-order valence-electron chi connectivity index (χ2n) is 4.43. The van der Waals surface area contributed by atoms with E-state index in [-0.39, 0.29) is 18.6 Å². The van der Waals surface area contributed by atoms with E-state index in [9.17, 15) is 4.79 Å². The molecule has 1 amide bonds. The highest BCUT2D eigenvalue weighted by atomic mass is 16.5. The third-order valence-corrected chi connectivity index (χ3v) is 2.35. The minimum atomic E-state index is -0.152. The van der Waals surface area contributed by atoms with Crippen molar-refractivity contribution in [2.24, 2.45) is 5.73 Å². The highest BCUT2D eigenvalue weighted by Crippen LogP contribution is 2.28. The Morgan fingerprint density at radius 2 is 2.05 bits per heavy atom. The maximum Gasteiger partial charge on any atom is 0.258 e. The molecule has 0 radical (unpaired) electrons. The summed E-state index contributed by atoms with van der Waals surface area (Å²) < 4.78 is 11.0. The number of carbonyl (C=O) groups is 1. The Bertz CT molecular complexity index is 419. The van der Waals surface area contributed by atoms with Gasteiger partial charge in [-0.3, -0.25) is 4.79 Å². The van der Waals surface area contributed by atoms with Crippen LogP contribution in [0, 0.1) is 0 Å². The molecular weight excluding hydrogens is 244 g/mol. The van der Waals surface area contributed by atoms with Crippen molar-refractivity contribution < 1.29 is 14.3 Å². The van der Waals surface area contributed by atoms with Crippen LogP contribution >= 0.6 is 0 Å². The van der Waals surface area contributed by atoms with Crippen LogP contribution in [-0.4, -0.2) is 25.2 Å². The Hall–Kier alpha value is -1.75. The van der Waals surface area contributed by atoms with Crippen molar-refractivity contribution in [1.29, 1.82) is 0 Å². The fourth-order valence-corrected chi connectivity index (χ4v) is 1.57. The first kappa shape index (κ1) is 15.3. The number of hydrogen-bond acceptors (Lipinski definition) is 4. The molecule has 19 heavy (non-hydrogen) atoms.